The van der Waals surface area contributed by atoms with Crippen LogP contribution < -0.4 is 10.1 Å². The molecule has 0 spiro atoms. The van der Waals surface area contributed by atoms with Crippen molar-refractivity contribution in [3.05, 3.63) is 43.8 Å². The summed E-state index contributed by atoms with van der Waals surface area (Å²) in [7, 11) is 0. The highest BCUT2D eigenvalue weighted by molar-refractivity contribution is 9.10. The first-order valence-corrected chi connectivity index (χ1v) is 8.26. The summed E-state index contributed by atoms with van der Waals surface area (Å²) in [6.07, 6.45) is 0. The minimum atomic E-state index is 0.515. The van der Waals surface area contributed by atoms with E-state index in [1.54, 1.807) is 11.3 Å². The van der Waals surface area contributed by atoms with Gasteiger partial charge in [0.25, 0.3) is 0 Å². The number of thiazole rings is 1. The van der Waals surface area contributed by atoms with Crippen LogP contribution in [-0.4, -0.2) is 11.5 Å². The molecule has 1 aromatic carbocycles. The summed E-state index contributed by atoms with van der Waals surface area (Å²) in [5, 5.41) is 4.35. The fraction of sp³-hybridized carbons (Fsp3) is 0.400. The van der Waals surface area contributed by atoms with Crippen molar-refractivity contribution in [3.63, 3.8) is 0 Å². The highest BCUT2D eigenvalue weighted by Crippen LogP contribution is 2.30. The number of ether oxygens (including phenoxy) is 1. The fourth-order valence-corrected chi connectivity index (χ4v) is 3.22. The number of para-hydroxylation sites is 1. The maximum absolute atomic E-state index is 5.98. The third-order valence-electron chi connectivity index (χ3n) is 3.03. The second-order valence-corrected chi connectivity index (χ2v) is 6.69. The lowest BCUT2D eigenvalue weighted by Gasteiger charge is -2.12. The maximum atomic E-state index is 5.98. The van der Waals surface area contributed by atoms with E-state index in [2.05, 4.69) is 46.1 Å². The Hall–Kier alpha value is -0.910. The molecule has 5 heteroatoms. The Morgan fingerprint density at radius 2 is 2.15 bits per heavy atom. The van der Waals surface area contributed by atoms with Crippen molar-refractivity contribution in [3.8, 4) is 5.75 Å². The summed E-state index contributed by atoms with van der Waals surface area (Å²) in [5.41, 5.74) is 2.25. The molecule has 1 heterocycles. The second kappa shape index (κ2) is 7.20. The number of aryl methyl sites for hydroxylation is 2. The fourth-order valence-electron chi connectivity index (χ4n) is 1.85. The lowest BCUT2D eigenvalue weighted by atomic mass is 10.2. The highest BCUT2D eigenvalue weighted by Gasteiger charge is 2.10. The molecule has 0 atom stereocenters. The average molecular weight is 355 g/mol. The number of halogens is 1. The van der Waals surface area contributed by atoms with Crippen molar-refractivity contribution in [2.75, 3.05) is 6.54 Å². The van der Waals surface area contributed by atoms with Gasteiger partial charge in [0.15, 0.2) is 0 Å². The van der Waals surface area contributed by atoms with Crippen LogP contribution in [0, 0.1) is 13.8 Å². The van der Waals surface area contributed by atoms with Crippen LogP contribution in [0.5, 0.6) is 5.75 Å². The number of aromatic nitrogens is 1. The van der Waals surface area contributed by atoms with Gasteiger partial charge in [-0.1, -0.05) is 19.1 Å². The molecule has 0 aliphatic carbocycles. The van der Waals surface area contributed by atoms with Gasteiger partial charge in [0.05, 0.1) is 10.2 Å². The number of hydrogen-bond donors (Lipinski definition) is 1. The van der Waals surface area contributed by atoms with E-state index in [0.717, 1.165) is 39.6 Å². The van der Waals surface area contributed by atoms with E-state index in [1.165, 1.54) is 4.88 Å². The highest BCUT2D eigenvalue weighted by atomic mass is 79.9. The van der Waals surface area contributed by atoms with Crippen LogP contribution in [0.1, 0.15) is 28.1 Å². The molecule has 0 saturated heterocycles. The molecule has 0 bridgehead atoms. The molecule has 0 saturated carbocycles. The molecule has 0 radical (unpaired) electrons. The number of hydrogen-bond acceptors (Lipinski definition) is 4. The maximum Gasteiger partial charge on any atom is 0.140 e. The third-order valence-corrected chi connectivity index (χ3v) is 4.70. The van der Waals surface area contributed by atoms with E-state index in [1.807, 2.05) is 19.1 Å². The molecule has 0 fully saturated rings. The number of nitrogens with zero attached hydrogens (tertiary/aromatic N) is 1. The van der Waals surface area contributed by atoms with Crippen molar-refractivity contribution in [2.45, 2.75) is 33.9 Å². The van der Waals surface area contributed by atoms with Gasteiger partial charge in [-0.2, -0.15) is 0 Å². The molecule has 2 rings (SSSR count). The zero-order chi connectivity index (χ0) is 14.5. The molecule has 0 aliphatic rings. The summed E-state index contributed by atoms with van der Waals surface area (Å²) in [4.78, 5) is 5.76. The zero-order valence-electron chi connectivity index (χ0n) is 12.0. The van der Waals surface area contributed by atoms with Gasteiger partial charge in [-0.15, -0.1) is 11.3 Å². The van der Waals surface area contributed by atoms with E-state index >= 15 is 0 Å². The van der Waals surface area contributed by atoms with E-state index in [-0.39, 0.29) is 0 Å². The standard InChI is InChI=1S/C15H19BrN2OS/c1-4-17-8-12-6-5-7-13(16)15(12)19-9-14-18-10(2)11(3)20-14/h5-7,17H,4,8-9H2,1-3H3. The molecule has 108 valence electrons. The van der Waals surface area contributed by atoms with E-state index < -0.39 is 0 Å². The van der Waals surface area contributed by atoms with Crippen LogP contribution in [0.4, 0.5) is 0 Å². The first kappa shape index (κ1) is 15.5. The van der Waals surface area contributed by atoms with Crippen LogP contribution in [0.2, 0.25) is 0 Å². The lowest BCUT2D eigenvalue weighted by molar-refractivity contribution is 0.299. The summed E-state index contributed by atoms with van der Waals surface area (Å²) in [5.74, 6) is 0.902. The molecule has 1 aromatic heterocycles. The van der Waals surface area contributed by atoms with Gasteiger partial charge in [0, 0.05) is 17.0 Å². The molecule has 0 amide bonds. The van der Waals surface area contributed by atoms with Gasteiger partial charge in [0.1, 0.15) is 17.4 Å². The van der Waals surface area contributed by atoms with Gasteiger partial charge >= 0.3 is 0 Å². The van der Waals surface area contributed by atoms with Gasteiger partial charge < -0.3 is 10.1 Å². The van der Waals surface area contributed by atoms with Crippen LogP contribution in [0.3, 0.4) is 0 Å². The van der Waals surface area contributed by atoms with Gasteiger partial charge in [0.2, 0.25) is 0 Å². The first-order valence-electron chi connectivity index (χ1n) is 6.65. The Morgan fingerprint density at radius 3 is 2.80 bits per heavy atom. The minimum absolute atomic E-state index is 0.515. The van der Waals surface area contributed by atoms with E-state index in [9.17, 15) is 0 Å². The Balaban J connectivity index is 2.11. The summed E-state index contributed by atoms with van der Waals surface area (Å²) in [6.45, 7) is 8.48. The van der Waals surface area contributed by atoms with Crippen molar-refractivity contribution < 1.29 is 4.74 Å². The molecule has 0 unspecified atom stereocenters. The molecular formula is C15H19BrN2OS. The van der Waals surface area contributed by atoms with Crippen LogP contribution in [-0.2, 0) is 13.2 Å². The van der Waals surface area contributed by atoms with Gasteiger partial charge in [-0.05, 0) is 42.4 Å². The Morgan fingerprint density at radius 1 is 1.35 bits per heavy atom. The molecule has 3 nitrogen and oxygen atoms in total. The molecular weight excluding hydrogens is 336 g/mol. The normalized spacial score (nSPS) is 10.8. The number of benzene rings is 1. The van der Waals surface area contributed by atoms with Crippen molar-refractivity contribution in [2.24, 2.45) is 0 Å². The van der Waals surface area contributed by atoms with Crippen LogP contribution in [0.15, 0.2) is 22.7 Å². The molecule has 0 aliphatic heterocycles. The number of rotatable bonds is 6. The van der Waals surface area contributed by atoms with Gasteiger partial charge in [-0.25, -0.2) is 4.98 Å². The second-order valence-electron chi connectivity index (χ2n) is 4.55. The predicted octanol–water partition coefficient (Wildman–Crippen LogP) is 4.21. The van der Waals surface area contributed by atoms with Crippen LogP contribution in [0.25, 0.3) is 0 Å². The lowest BCUT2D eigenvalue weighted by Crippen LogP contribution is -2.13. The SMILES string of the molecule is CCNCc1cccc(Br)c1OCc1nc(C)c(C)s1. The summed E-state index contributed by atoms with van der Waals surface area (Å²) >= 11 is 5.26. The number of nitrogens with one attached hydrogen (secondary N) is 1. The minimum Gasteiger partial charge on any atom is -0.485 e. The van der Waals surface area contributed by atoms with Crippen molar-refractivity contribution >= 4 is 27.3 Å². The Kier molecular flexibility index (Phi) is 5.57. The molecule has 20 heavy (non-hydrogen) atoms. The topological polar surface area (TPSA) is 34.1 Å². The van der Waals surface area contributed by atoms with E-state index in [0.29, 0.717) is 6.61 Å². The van der Waals surface area contributed by atoms with Crippen molar-refractivity contribution in [1.29, 1.82) is 0 Å². The largest absolute Gasteiger partial charge is 0.485 e. The Labute approximate surface area is 132 Å². The smallest absolute Gasteiger partial charge is 0.140 e. The summed E-state index contributed by atoms with van der Waals surface area (Å²) in [6, 6.07) is 6.12. The molecule has 2 aromatic rings. The van der Waals surface area contributed by atoms with Gasteiger partial charge in [-0.3, -0.25) is 0 Å². The zero-order valence-corrected chi connectivity index (χ0v) is 14.4. The average Bonchev–Trinajstić information content (AvgIpc) is 2.74. The predicted molar refractivity (Wildman–Crippen MR) is 87.4 cm³/mol. The monoisotopic (exact) mass is 354 g/mol. The Bertz CT molecular complexity index is 564. The van der Waals surface area contributed by atoms with Crippen LogP contribution >= 0.6 is 27.3 Å². The first-order chi connectivity index (χ1) is 9.61. The summed E-state index contributed by atoms with van der Waals surface area (Å²) < 4.78 is 6.96. The van der Waals surface area contributed by atoms with Crippen molar-refractivity contribution in [1.82, 2.24) is 10.3 Å². The molecule has 1 N–H and O–H groups in total. The quantitative estimate of drug-likeness (QED) is 0.843. The third kappa shape index (κ3) is 3.81. The van der Waals surface area contributed by atoms with E-state index in [4.69, 9.17) is 4.74 Å².